The van der Waals surface area contributed by atoms with Gasteiger partial charge in [0.05, 0.1) is 0 Å². The Morgan fingerprint density at radius 2 is 1.94 bits per heavy atom. The van der Waals surface area contributed by atoms with Gasteiger partial charge < -0.3 is 5.32 Å². The number of hydrogen-bond acceptors (Lipinski definition) is 2. The predicted octanol–water partition coefficient (Wildman–Crippen LogP) is 4.01. The van der Waals surface area contributed by atoms with Crippen molar-refractivity contribution >= 4 is 11.8 Å². The maximum absolute atomic E-state index is 13.0. The van der Waals surface area contributed by atoms with Crippen molar-refractivity contribution in [3.8, 4) is 0 Å². The maximum atomic E-state index is 13.0. The molecule has 1 saturated heterocycles. The van der Waals surface area contributed by atoms with E-state index in [0.717, 1.165) is 0 Å². The highest BCUT2D eigenvalue weighted by molar-refractivity contribution is 8.00. The molecule has 0 aliphatic carbocycles. The van der Waals surface area contributed by atoms with Crippen molar-refractivity contribution < 1.29 is 4.39 Å². The summed E-state index contributed by atoms with van der Waals surface area (Å²) in [7, 11) is 0. The second-order valence-corrected chi connectivity index (χ2v) is 6.90. The summed E-state index contributed by atoms with van der Waals surface area (Å²) in [5.74, 6) is 1.59. The van der Waals surface area contributed by atoms with Crippen LogP contribution in [0.2, 0.25) is 0 Å². The Hall–Kier alpha value is -0.540. The molecule has 100 valence electrons. The van der Waals surface area contributed by atoms with Crippen LogP contribution in [0.25, 0.3) is 0 Å². The molecule has 0 amide bonds. The van der Waals surface area contributed by atoms with E-state index >= 15 is 0 Å². The molecule has 1 nitrogen and oxygen atoms in total. The zero-order valence-electron chi connectivity index (χ0n) is 11.3. The molecule has 1 aromatic carbocycles. The molecule has 2 rings (SSSR count). The topological polar surface area (TPSA) is 12.0 Å². The van der Waals surface area contributed by atoms with Crippen LogP contribution in [0.1, 0.15) is 38.8 Å². The van der Waals surface area contributed by atoms with Crippen molar-refractivity contribution in [2.45, 2.75) is 44.5 Å². The summed E-state index contributed by atoms with van der Waals surface area (Å²) in [4.78, 5) is 0. The smallest absolute Gasteiger partial charge is 0.123 e. The molecule has 1 heterocycles. The normalized spacial score (nSPS) is 25.6. The number of thioether (sulfide) groups is 1. The van der Waals surface area contributed by atoms with Crippen molar-refractivity contribution in [1.29, 1.82) is 0 Å². The molecule has 1 aromatic rings. The van der Waals surface area contributed by atoms with Gasteiger partial charge in [-0.3, -0.25) is 0 Å². The molecule has 0 spiro atoms. The third kappa shape index (κ3) is 3.27. The molecule has 1 N–H and O–H groups in total. The summed E-state index contributed by atoms with van der Waals surface area (Å²) in [6, 6.07) is 7.81. The molecular formula is C15H22FNS. The summed E-state index contributed by atoms with van der Waals surface area (Å²) in [6.07, 6.45) is 1.23. The van der Waals surface area contributed by atoms with Crippen molar-refractivity contribution in [3.05, 3.63) is 35.6 Å². The van der Waals surface area contributed by atoms with Gasteiger partial charge in [0, 0.05) is 17.3 Å². The summed E-state index contributed by atoms with van der Waals surface area (Å²) < 4.78 is 13.0. The highest BCUT2D eigenvalue weighted by atomic mass is 32.2. The lowest BCUT2D eigenvalue weighted by atomic mass is 9.94. The molecule has 3 heteroatoms. The van der Waals surface area contributed by atoms with Crippen molar-refractivity contribution in [2.75, 3.05) is 5.75 Å². The minimum absolute atomic E-state index is 0.161. The lowest BCUT2D eigenvalue weighted by Gasteiger charge is -2.28. The first-order chi connectivity index (χ1) is 8.58. The van der Waals surface area contributed by atoms with Crippen molar-refractivity contribution in [3.63, 3.8) is 0 Å². The molecule has 1 aliphatic rings. The summed E-state index contributed by atoms with van der Waals surface area (Å²) >= 11 is 2.03. The maximum Gasteiger partial charge on any atom is 0.123 e. The highest BCUT2D eigenvalue weighted by Gasteiger charge is 2.27. The number of benzene rings is 1. The lowest BCUT2D eigenvalue weighted by molar-refractivity contribution is 0.357. The van der Waals surface area contributed by atoms with E-state index in [0.29, 0.717) is 23.3 Å². The zero-order valence-corrected chi connectivity index (χ0v) is 12.1. The van der Waals surface area contributed by atoms with E-state index in [4.69, 9.17) is 0 Å². The van der Waals surface area contributed by atoms with Gasteiger partial charge in [-0.05, 0) is 35.8 Å². The van der Waals surface area contributed by atoms with Crippen LogP contribution in [-0.4, -0.2) is 17.0 Å². The minimum atomic E-state index is -0.161. The molecule has 3 unspecified atom stereocenters. The van der Waals surface area contributed by atoms with E-state index in [2.05, 4.69) is 26.1 Å². The Kier molecular flexibility index (Phi) is 4.68. The quantitative estimate of drug-likeness (QED) is 0.884. The van der Waals surface area contributed by atoms with E-state index in [9.17, 15) is 4.39 Å². The lowest BCUT2D eigenvalue weighted by Crippen LogP contribution is -2.38. The van der Waals surface area contributed by atoms with Gasteiger partial charge in [0.2, 0.25) is 0 Å². The van der Waals surface area contributed by atoms with E-state index in [1.54, 1.807) is 12.1 Å². The van der Waals surface area contributed by atoms with E-state index in [1.807, 2.05) is 23.9 Å². The van der Waals surface area contributed by atoms with Crippen LogP contribution in [0.4, 0.5) is 4.39 Å². The van der Waals surface area contributed by atoms with Crippen LogP contribution in [0.5, 0.6) is 0 Å². The average Bonchev–Trinajstić information content (AvgIpc) is 2.73. The molecule has 1 aliphatic heterocycles. The van der Waals surface area contributed by atoms with Gasteiger partial charge in [0.1, 0.15) is 5.82 Å². The first-order valence-electron chi connectivity index (χ1n) is 6.71. The van der Waals surface area contributed by atoms with Crippen LogP contribution in [0.15, 0.2) is 24.3 Å². The molecule has 0 aromatic heterocycles. The SMILES string of the molecule is CC(C)C(NC1CCSC1C)c1ccc(F)cc1. The first kappa shape index (κ1) is 13.9. The molecule has 0 bridgehead atoms. The second-order valence-electron chi connectivity index (χ2n) is 5.41. The number of nitrogens with one attached hydrogen (secondary N) is 1. The third-order valence-electron chi connectivity index (χ3n) is 3.67. The fraction of sp³-hybridized carbons (Fsp3) is 0.600. The summed E-state index contributed by atoms with van der Waals surface area (Å²) in [5, 5.41) is 4.43. The molecule has 0 radical (unpaired) electrons. The van der Waals surface area contributed by atoms with Gasteiger partial charge in [-0.2, -0.15) is 11.8 Å². The molecule has 1 fully saturated rings. The molecule has 18 heavy (non-hydrogen) atoms. The van der Waals surface area contributed by atoms with E-state index in [-0.39, 0.29) is 5.82 Å². The third-order valence-corrected chi connectivity index (χ3v) is 4.99. The molecule has 0 saturated carbocycles. The number of hydrogen-bond donors (Lipinski definition) is 1. The van der Waals surface area contributed by atoms with Crippen LogP contribution in [0, 0.1) is 11.7 Å². The predicted molar refractivity (Wildman–Crippen MR) is 77.4 cm³/mol. The highest BCUT2D eigenvalue weighted by Crippen LogP contribution is 2.30. The van der Waals surface area contributed by atoms with Crippen LogP contribution >= 0.6 is 11.8 Å². The largest absolute Gasteiger partial charge is 0.306 e. The number of rotatable bonds is 4. The Balaban J connectivity index is 2.10. The van der Waals surface area contributed by atoms with Crippen LogP contribution in [0.3, 0.4) is 0 Å². The van der Waals surface area contributed by atoms with Gasteiger partial charge >= 0.3 is 0 Å². The molecule has 3 atom stereocenters. The van der Waals surface area contributed by atoms with Crippen molar-refractivity contribution in [1.82, 2.24) is 5.32 Å². The first-order valence-corrected chi connectivity index (χ1v) is 7.76. The fourth-order valence-corrected chi connectivity index (χ4v) is 3.73. The fourth-order valence-electron chi connectivity index (χ4n) is 2.52. The second kappa shape index (κ2) is 6.07. The Labute approximate surface area is 114 Å². The van der Waals surface area contributed by atoms with E-state index < -0.39 is 0 Å². The van der Waals surface area contributed by atoms with Gasteiger partial charge in [0.25, 0.3) is 0 Å². The van der Waals surface area contributed by atoms with Gasteiger partial charge in [-0.15, -0.1) is 0 Å². The molecular weight excluding hydrogens is 245 g/mol. The summed E-state index contributed by atoms with van der Waals surface area (Å²) in [6.45, 7) is 6.72. The Morgan fingerprint density at radius 3 is 2.44 bits per heavy atom. The Morgan fingerprint density at radius 1 is 1.28 bits per heavy atom. The van der Waals surface area contributed by atoms with Gasteiger partial charge in [0.15, 0.2) is 0 Å². The monoisotopic (exact) mass is 267 g/mol. The minimum Gasteiger partial charge on any atom is -0.306 e. The summed E-state index contributed by atoms with van der Waals surface area (Å²) in [5.41, 5.74) is 1.19. The van der Waals surface area contributed by atoms with Crippen molar-refractivity contribution in [2.24, 2.45) is 5.92 Å². The van der Waals surface area contributed by atoms with Crippen LogP contribution in [-0.2, 0) is 0 Å². The standard InChI is InChI=1S/C15H22FNS/c1-10(2)15(12-4-6-13(16)7-5-12)17-14-8-9-18-11(14)3/h4-7,10-11,14-15,17H,8-9H2,1-3H3. The number of halogens is 1. The zero-order chi connectivity index (χ0) is 13.1. The average molecular weight is 267 g/mol. The van der Waals surface area contributed by atoms with Crippen LogP contribution < -0.4 is 5.32 Å². The van der Waals surface area contributed by atoms with Gasteiger partial charge in [-0.25, -0.2) is 4.39 Å². The van der Waals surface area contributed by atoms with Gasteiger partial charge in [-0.1, -0.05) is 32.9 Å². The van der Waals surface area contributed by atoms with E-state index in [1.165, 1.54) is 17.7 Å². The Bertz CT molecular complexity index is 377.